The maximum Gasteiger partial charge on any atom is 0.326 e. The molecule has 0 amide bonds. The molecule has 1 aliphatic rings. The third-order valence-corrected chi connectivity index (χ3v) is 8.14. The number of hydrogen-bond donors (Lipinski definition) is 2. The summed E-state index contributed by atoms with van der Waals surface area (Å²) >= 11 is 1.76. The molecule has 0 radical (unpaired) electrons. The molecule has 0 bridgehead atoms. The molecule has 2 N–H and O–H groups in total. The van der Waals surface area contributed by atoms with Crippen LogP contribution in [0.3, 0.4) is 0 Å². The number of rotatable bonds is 11. The van der Waals surface area contributed by atoms with Gasteiger partial charge in [-0.3, -0.25) is 4.57 Å². The van der Waals surface area contributed by atoms with Crippen LogP contribution in [0.5, 0.6) is 5.75 Å². The van der Waals surface area contributed by atoms with Crippen molar-refractivity contribution in [2.24, 2.45) is 0 Å². The highest BCUT2D eigenvalue weighted by molar-refractivity contribution is 7.10. The van der Waals surface area contributed by atoms with E-state index in [2.05, 4.69) is 63.9 Å². The maximum atomic E-state index is 12.6. The molecule has 1 saturated heterocycles. The standard InChI is InChI=1S/C29H36N4O2S/c1-2-30-17-13-27(28-12-7-21-36-28)35-26-11-6-3-8-22(26)14-18-32-19-15-23(16-20-32)33-25-10-5-4-9-24(25)31-29(33)34/h3-12,21,23,27,30H,2,13-20H2,1H3,(H,31,34)/t27-/m1/s1. The number of fused-ring (bicyclic) bond motifs is 1. The number of piperidine rings is 1. The van der Waals surface area contributed by atoms with E-state index < -0.39 is 0 Å². The number of hydrogen-bond acceptors (Lipinski definition) is 5. The van der Waals surface area contributed by atoms with Crippen molar-refractivity contribution in [3.05, 3.63) is 87.0 Å². The Morgan fingerprint density at radius 2 is 1.89 bits per heavy atom. The van der Waals surface area contributed by atoms with Crippen LogP contribution in [0, 0.1) is 0 Å². The van der Waals surface area contributed by atoms with E-state index in [0.717, 1.165) is 75.2 Å². The topological polar surface area (TPSA) is 62.3 Å². The van der Waals surface area contributed by atoms with Crippen LogP contribution in [-0.4, -0.2) is 47.2 Å². The Kier molecular flexibility index (Phi) is 8.21. The van der Waals surface area contributed by atoms with Gasteiger partial charge in [-0.2, -0.15) is 0 Å². The first-order valence-electron chi connectivity index (χ1n) is 13.1. The van der Waals surface area contributed by atoms with Gasteiger partial charge in [0.1, 0.15) is 11.9 Å². The highest BCUT2D eigenvalue weighted by Gasteiger charge is 2.24. The molecule has 0 unspecified atom stereocenters. The lowest BCUT2D eigenvalue weighted by Gasteiger charge is -2.32. The predicted octanol–water partition coefficient (Wildman–Crippen LogP) is 5.39. The molecule has 0 saturated carbocycles. The van der Waals surface area contributed by atoms with Crippen LogP contribution in [0.25, 0.3) is 11.0 Å². The molecule has 6 nitrogen and oxygen atoms in total. The second-order valence-electron chi connectivity index (χ2n) is 9.51. The Hall–Kier alpha value is -2.87. The summed E-state index contributed by atoms with van der Waals surface area (Å²) in [5.41, 5.74) is 3.21. The Bertz CT molecular complexity index is 1290. The van der Waals surface area contributed by atoms with Crippen LogP contribution in [0.4, 0.5) is 0 Å². The number of likely N-dealkylation sites (tertiary alicyclic amines) is 1. The number of ether oxygens (including phenoxy) is 1. The van der Waals surface area contributed by atoms with Gasteiger partial charge in [0.05, 0.1) is 11.0 Å². The fourth-order valence-corrected chi connectivity index (χ4v) is 6.03. The third-order valence-electron chi connectivity index (χ3n) is 7.18. The zero-order valence-electron chi connectivity index (χ0n) is 21.0. The average Bonchev–Trinajstić information content (AvgIpc) is 3.56. The lowest BCUT2D eigenvalue weighted by Crippen LogP contribution is -2.38. The first kappa shape index (κ1) is 24.8. The first-order valence-corrected chi connectivity index (χ1v) is 14.0. The average molecular weight is 505 g/mol. The van der Waals surface area contributed by atoms with E-state index in [-0.39, 0.29) is 17.8 Å². The number of para-hydroxylation sites is 3. The van der Waals surface area contributed by atoms with E-state index in [1.165, 1.54) is 10.4 Å². The van der Waals surface area contributed by atoms with Gasteiger partial charge in [0, 0.05) is 37.0 Å². The number of aromatic amines is 1. The van der Waals surface area contributed by atoms with Crippen molar-refractivity contribution < 1.29 is 4.74 Å². The molecule has 1 aliphatic heterocycles. The number of imidazole rings is 1. The first-order chi connectivity index (χ1) is 17.7. The summed E-state index contributed by atoms with van der Waals surface area (Å²) in [7, 11) is 0. The van der Waals surface area contributed by atoms with Crippen LogP contribution in [0.2, 0.25) is 0 Å². The van der Waals surface area contributed by atoms with E-state index >= 15 is 0 Å². The van der Waals surface area contributed by atoms with Crippen molar-refractivity contribution in [1.82, 2.24) is 19.8 Å². The Morgan fingerprint density at radius 3 is 2.69 bits per heavy atom. The van der Waals surface area contributed by atoms with Gasteiger partial charge in [-0.1, -0.05) is 43.3 Å². The van der Waals surface area contributed by atoms with Gasteiger partial charge in [0.2, 0.25) is 0 Å². The summed E-state index contributed by atoms with van der Waals surface area (Å²) in [6.45, 7) is 7.05. The molecule has 7 heteroatoms. The molecular formula is C29H36N4O2S. The summed E-state index contributed by atoms with van der Waals surface area (Å²) in [5, 5.41) is 5.55. The molecule has 4 aromatic rings. The number of aromatic nitrogens is 2. The molecule has 2 aromatic carbocycles. The monoisotopic (exact) mass is 504 g/mol. The van der Waals surface area contributed by atoms with Gasteiger partial charge in [0.15, 0.2) is 0 Å². The largest absolute Gasteiger partial charge is 0.485 e. The summed E-state index contributed by atoms with van der Waals surface area (Å²) in [6.07, 6.45) is 3.95. The van der Waals surface area contributed by atoms with Gasteiger partial charge < -0.3 is 19.9 Å². The van der Waals surface area contributed by atoms with Crippen molar-refractivity contribution in [1.29, 1.82) is 0 Å². The van der Waals surface area contributed by atoms with Crippen molar-refractivity contribution in [2.75, 3.05) is 32.7 Å². The fourth-order valence-electron chi connectivity index (χ4n) is 5.24. The summed E-state index contributed by atoms with van der Waals surface area (Å²) in [6, 6.07) is 21.0. The number of nitrogens with zero attached hydrogens (tertiary/aromatic N) is 2. The minimum absolute atomic E-state index is 0.00941. The molecule has 1 fully saturated rings. The van der Waals surface area contributed by atoms with Gasteiger partial charge in [-0.15, -0.1) is 11.3 Å². The van der Waals surface area contributed by atoms with E-state index in [1.54, 1.807) is 11.3 Å². The van der Waals surface area contributed by atoms with Crippen LogP contribution < -0.4 is 15.7 Å². The van der Waals surface area contributed by atoms with E-state index in [9.17, 15) is 4.79 Å². The van der Waals surface area contributed by atoms with Crippen LogP contribution >= 0.6 is 11.3 Å². The van der Waals surface area contributed by atoms with Crippen LogP contribution in [0.1, 0.15) is 48.8 Å². The quantitative estimate of drug-likeness (QED) is 0.269. The van der Waals surface area contributed by atoms with Gasteiger partial charge in [0.25, 0.3) is 0 Å². The van der Waals surface area contributed by atoms with Gasteiger partial charge in [-0.05, 0) is 67.6 Å². The van der Waals surface area contributed by atoms with Gasteiger partial charge in [-0.25, -0.2) is 4.79 Å². The Morgan fingerprint density at radius 1 is 1.08 bits per heavy atom. The highest BCUT2D eigenvalue weighted by Crippen LogP contribution is 2.31. The summed E-state index contributed by atoms with van der Waals surface area (Å²) < 4.78 is 8.57. The molecular weight excluding hydrogens is 468 g/mol. The normalized spacial score (nSPS) is 15.9. The lowest BCUT2D eigenvalue weighted by atomic mass is 10.0. The van der Waals surface area contributed by atoms with Crippen molar-refractivity contribution in [3.8, 4) is 5.75 Å². The molecule has 1 atom stereocenters. The second kappa shape index (κ2) is 11.9. The number of benzene rings is 2. The minimum Gasteiger partial charge on any atom is -0.485 e. The van der Waals surface area contributed by atoms with E-state index in [1.807, 2.05) is 28.8 Å². The molecule has 36 heavy (non-hydrogen) atoms. The van der Waals surface area contributed by atoms with Crippen molar-refractivity contribution in [3.63, 3.8) is 0 Å². The smallest absolute Gasteiger partial charge is 0.326 e. The fraction of sp³-hybridized carbons (Fsp3) is 0.414. The van der Waals surface area contributed by atoms with E-state index in [4.69, 9.17) is 4.74 Å². The summed E-state index contributed by atoms with van der Waals surface area (Å²) in [4.78, 5) is 19.4. The van der Waals surface area contributed by atoms with Crippen molar-refractivity contribution in [2.45, 2.75) is 44.8 Å². The lowest BCUT2D eigenvalue weighted by molar-refractivity contribution is 0.183. The molecule has 5 rings (SSSR count). The number of nitrogens with one attached hydrogen (secondary N) is 2. The predicted molar refractivity (Wildman–Crippen MR) is 148 cm³/mol. The SMILES string of the molecule is CCNCC[C@@H](Oc1ccccc1CCN1CCC(n2c(=O)[nH]c3ccccc32)CC1)c1cccs1. The number of thiophene rings is 1. The highest BCUT2D eigenvalue weighted by atomic mass is 32.1. The minimum atomic E-state index is 0.00941. The molecule has 190 valence electrons. The van der Waals surface area contributed by atoms with Gasteiger partial charge >= 0.3 is 5.69 Å². The zero-order chi connectivity index (χ0) is 24.7. The molecule has 0 aliphatic carbocycles. The zero-order valence-corrected chi connectivity index (χ0v) is 21.8. The number of H-pyrrole nitrogens is 1. The summed E-state index contributed by atoms with van der Waals surface area (Å²) in [5.74, 6) is 0.993. The second-order valence-corrected chi connectivity index (χ2v) is 10.5. The van der Waals surface area contributed by atoms with Crippen LogP contribution in [0.15, 0.2) is 70.8 Å². The third kappa shape index (κ3) is 5.75. The van der Waals surface area contributed by atoms with Crippen molar-refractivity contribution >= 4 is 22.4 Å². The van der Waals surface area contributed by atoms with Crippen LogP contribution in [-0.2, 0) is 6.42 Å². The molecule has 3 heterocycles. The van der Waals surface area contributed by atoms with E-state index in [0.29, 0.717) is 0 Å². The maximum absolute atomic E-state index is 12.6. The Balaban J connectivity index is 1.20. The Labute approximate surface area is 216 Å². The molecule has 0 spiro atoms. The molecule has 2 aromatic heterocycles.